The molecule has 0 atom stereocenters. The minimum Gasteiger partial charge on any atom is -0.348 e. The van der Waals surface area contributed by atoms with Gasteiger partial charge in [0.05, 0.1) is 4.92 Å². The van der Waals surface area contributed by atoms with Crippen molar-refractivity contribution in [3.05, 3.63) is 16.3 Å². The lowest BCUT2D eigenvalue weighted by molar-refractivity contribution is -0.384. The Morgan fingerprint density at radius 1 is 1.67 bits per heavy atom. The van der Waals surface area contributed by atoms with Crippen LogP contribution in [-0.4, -0.2) is 27.5 Å². The van der Waals surface area contributed by atoms with E-state index in [2.05, 4.69) is 15.4 Å². The maximum Gasteiger partial charge on any atom is 0.329 e. The molecule has 1 aliphatic carbocycles. The molecule has 8 nitrogen and oxygen atoms in total. The number of rotatable bonds is 6. The number of anilines is 2. The highest BCUT2D eigenvalue weighted by molar-refractivity contribution is 5.60. The quantitative estimate of drug-likeness (QED) is 0.442. The molecule has 1 aliphatic rings. The number of nitrogens with two attached hydrogens (primary N) is 1. The highest BCUT2D eigenvalue weighted by Crippen LogP contribution is 2.35. The van der Waals surface area contributed by atoms with Crippen LogP contribution in [0.3, 0.4) is 0 Å². The van der Waals surface area contributed by atoms with Gasteiger partial charge in [0, 0.05) is 12.6 Å². The summed E-state index contributed by atoms with van der Waals surface area (Å²) in [7, 11) is 0. The van der Waals surface area contributed by atoms with Crippen molar-refractivity contribution in [1.82, 2.24) is 9.97 Å². The van der Waals surface area contributed by atoms with E-state index in [1.165, 1.54) is 6.20 Å². The van der Waals surface area contributed by atoms with E-state index in [4.69, 9.17) is 5.84 Å². The van der Waals surface area contributed by atoms with Crippen molar-refractivity contribution >= 4 is 17.5 Å². The van der Waals surface area contributed by atoms with Crippen LogP contribution < -0.4 is 16.2 Å². The first-order valence-corrected chi connectivity index (χ1v) is 5.92. The lowest BCUT2D eigenvalue weighted by Gasteiger charge is -2.22. The van der Waals surface area contributed by atoms with Gasteiger partial charge in [-0.25, -0.2) is 10.8 Å². The molecule has 8 heteroatoms. The van der Waals surface area contributed by atoms with Crippen LogP contribution in [0.1, 0.15) is 26.2 Å². The zero-order valence-corrected chi connectivity index (χ0v) is 10.2. The Labute approximate surface area is 104 Å². The Morgan fingerprint density at radius 2 is 2.39 bits per heavy atom. The fourth-order valence-corrected chi connectivity index (χ4v) is 1.86. The number of hydrogen-bond acceptors (Lipinski definition) is 7. The second-order valence-electron chi connectivity index (χ2n) is 4.23. The molecule has 0 bridgehead atoms. The second kappa shape index (κ2) is 5.13. The van der Waals surface area contributed by atoms with Crippen LogP contribution in [0.4, 0.5) is 17.5 Å². The lowest BCUT2D eigenvalue weighted by atomic mass is 10.3. The number of hydrazine groups is 1. The summed E-state index contributed by atoms with van der Waals surface area (Å²) in [5.41, 5.74) is 2.24. The van der Waals surface area contributed by atoms with Gasteiger partial charge in [-0.1, -0.05) is 6.92 Å². The van der Waals surface area contributed by atoms with E-state index >= 15 is 0 Å². The Morgan fingerprint density at radius 3 is 2.89 bits per heavy atom. The molecule has 2 rings (SSSR count). The van der Waals surface area contributed by atoms with E-state index in [0.29, 0.717) is 11.9 Å². The minimum absolute atomic E-state index is 0.0747. The van der Waals surface area contributed by atoms with E-state index in [9.17, 15) is 10.1 Å². The summed E-state index contributed by atoms with van der Waals surface area (Å²) in [5, 5.41) is 11.0. The molecule has 0 aliphatic heterocycles. The Bertz CT molecular complexity index is 448. The highest BCUT2D eigenvalue weighted by Gasteiger charge is 2.34. The van der Waals surface area contributed by atoms with Crippen LogP contribution in [0.25, 0.3) is 0 Å². The summed E-state index contributed by atoms with van der Waals surface area (Å²) in [6.45, 7) is 2.77. The van der Waals surface area contributed by atoms with Crippen molar-refractivity contribution < 1.29 is 4.92 Å². The van der Waals surface area contributed by atoms with E-state index in [1.54, 1.807) is 0 Å². The molecule has 0 saturated heterocycles. The van der Waals surface area contributed by atoms with Crippen molar-refractivity contribution in [3.8, 4) is 0 Å². The van der Waals surface area contributed by atoms with Gasteiger partial charge in [0.25, 0.3) is 0 Å². The van der Waals surface area contributed by atoms with E-state index in [0.717, 1.165) is 25.8 Å². The van der Waals surface area contributed by atoms with Crippen LogP contribution in [0.2, 0.25) is 0 Å². The van der Waals surface area contributed by atoms with Crippen LogP contribution in [0.5, 0.6) is 0 Å². The van der Waals surface area contributed by atoms with E-state index in [1.807, 2.05) is 11.8 Å². The summed E-state index contributed by atoms with van der Waals surface area (Å²) in [5.74, 6) is 5.79. The molecule has 1 aromatic rings. The molecule has 1 saturated carbocycles. The summed E-state index contributed by atoms with van der Waals surface area (Å²) in [4.78, 5) is 20.5. The second-order valence-corrected chi connectivity index (χ2v) is 4.23. The molecule has 98 valence electrons. The number of aromatic nitrogens is 2. The van der Waals surface area contributed by atoms with Gasteiger partial charge in [-0.05, 0) is 19.3 Å². The molecule has 3 N–H and O–H groups in total. The lowest BCUT2D eigenvalue weighted by Crippen LogP contribution is -2.29. The van der Waals surface area contributed by atoms with Crippen LogP contribution in [0.15, 0.2) is 6.20 Å². The largest absolute Gasteiger partial charge is 0.348 e. The van der Waals surface area contributed by atoms with Gasteiger partial charge >= 0.3 is 5.69 Å². The van der Waals surface area contributed by atoms with Crippen molar-refractivity contribution in [1.29, 1.82) is 0 Å². The zero-order chi connectivity index (χ0) is 13.1. The maximum absolute atomic E-state index is 11.0. The first kappa shape index (κ1) is 12.5. The monoisotopic (exact) mass is 252 g/mol. The van der Waals surface area contributed by atoms with Crippen molar-refractivity contribution in [3.63, 3.8) is 0 Å². The van der Waals surface area contributed by atoms with Crippen molar-refractivity contribution in [2.24, 2.45) is 5.84 Å². The molecule has 0 amide bonds. The molecule has 0 aromatic carbocycles. The summed E-state index contributed by atoms with van der Waals surface area (Å²) >= 11 is 0. The van der Waals surface area contributed by atoms with Gasteiger partial charge in [-0.2, -0.15) is 4.98 Å². The number of nitrogens with zero attached hydrogens (tertiary/aromatic N) is 4. The number of nitro groups is 1. The maximum atomic E-state index is 11.0. The molecular weight excluding hydrogens is 236 g/mol. The molecule has 0 spiro atoms. The standard InChI is InChI=1S/C10H16N6O2/c1-2-5-15(7-3-4-7)9-8(16(17)18)6-12-10(13-9)14-11/h6-7H,2-5,11H2,1H3,(H,12,13,14). The van der Waals surface area contributed by atoms with Crippen LogP contribution >= 0.6 is 0 Å². The Kier molecular flexibility index (Phi) is 3.56. The summed E-state index contributed by atoms with van der Waals surface area (Å²) in [6.07, 6.45) is 4.20. The predicted molar refractivity (Wildman–Crippen MR) is 67.2 cm³/mol. The third kappa shape index (κ3) is 2.48. The van der Waals surface area contributed by atoms with Gasteiger partial charge < -0.3 is 4.90 Å². The fourth-order valence-electron chi connectivity index (χ4n) is 1.86. The number of hydrogen-bond donors (Lipinski definition) is 2. The predicted octanol–water partition coefficient (Wildman–Crippen LogP) is 1.05. The molecule has 1 heterocycles. The number of nitrogen functional groups attached to an aromatic ring is 1. The molecule has 1 fully saturated rings. The normalized spacial score (nSPS) is 14.3. The van der Waals surface area contributed by atoms with E-state index < -0.39 is 4.92 Å². The van der Waals surface area contributed by atoms with Gasteiger partial charge in [-0.15, -0.1) is 0 Å². The first-order valence-electron chi connectivity index (χ1n) is 5.92. The highest BCUT2D eigenvalue weighted by atomic mass is 16.6. The number of nitrogens with one attached hydrogen (secondary N) is 1. The average molecular weight is 252 g/mol. The average Bonchev–Trinajstić information content (AvgIpc) is 3.19. The smallest absolute Gasteiger partial charge is 0.329 e. The molecule has 18 heavy (non-hydrogen) atoms. The Hall–Kier alpha value is -1.96. The van der Waals surface area contributed by atoms with Gasteiger partial charge in [0.1, 0.15) is 6.20 Å². The third-order valence-corrected chi connectivity index (χ3v) is 2.80. The van der Waals surface area contributed by atoms with E-state index in [-0.39, 0.29) is 11.6 Å². The fraction of sp³-hybridized carbons (Fsp3) is 0.600. The zero-order valence-electron chi connectivity index (χ0n) is 10.2. The summed E-state index contributed by atoms with van der Waals surface area (Å²) < 4.78 is 0. The van der Waals surface area contributed by atoms with Crippen LogP contribution in [-0.2, 0) is 0 Å². The Balaban J connectivity index is 2.40. The first-order chi connectivity index (χ1) is 8.67. The topological polar surface area (TPSA) is 110 Å². The van der Waals surface area contributed by atoms with Crippen LogP contribution in [0, 0.1) is 10.1 Å². The molecular formula is C10H16N6O2. The van der Waals surface area contributed by atoms with Gasteiger partial charge in [-0.3, -0.25) is 15.5 Å². The molecule has 1 aromatic heterocycles. The third-order valence-electron chi connectivity index (χ3n) is 2.80. The van der Waals surface area contributed by atoms with Crippen molar-refractivity contribution in [2.75, 3.05) is 16.9 Å². The van der Waals surface area contributed by atoms with Gasteiger partial charge in [0.15, 0.2) is 0 Å². The SMILES string of the molecule is CCCN(c1nc(NN)ncc1[N+](=O)[O-])C1CC1. The molecule has 0 radical (unpaired) electrons. The molecule has 0 unspecified atom stereocenters. The minimum atomic E-state index is -0.458. The van der Waals surface area contributed by atoms with Crippen molar-refractivity contribution in [2.45, 2.75) is 32.2 Å². The summed E-state index contributed by atoms with van der Waals surface area (Å²) in [6, 6.07) is 0.351. The van der Waals surface area contributed by atoms with Gasteiger partial charge in [0.2, 0.25) is 11.8 Å².